The zero-order valence-electron chi connectivity index (χ0n) is 88.3. The molecule has 0 bridgehead atoms. The highest BCUT2D eigenvalue weighted by Crippen LogP contribution is 2.37. The van der Waals surface area contributed by atoms with Crippen molar-refractivity contribution in [3.05, 3.63) is 130 Å². The van der Waals surface area contributed by atoms with Crippen LogP contribution < -0.4 is 37.9 Å². The van der Waals surface area contributed by atoms with Gasteiger partial charge in [0, 0.05) is 0 Å². The van der Waals surface area contributed by atoms with Crippen molar-refractivity contribution in [1.82, 2.24) is 19.9 Å². The van der Waals surface area contributed by atoms with Crippen molar-refractivity contribution < 1.29 is 37.9 Å². The molecule has 8 atom stereocenters. The lowest BCUT2D eigenvalue weighted by Gasteiger charge is -2.17. The Labute approximate surface area is 808 Å². The first-order valence-corrected chi connectivity index (χ1v) is 53.4. The second-order valence-electron chi connectivity index (χ2n) is 43.8. The van der Waals surface area contributed by atoms with Crippen LogP contribution in [0.1, 0.15) is 417 Å². The van der Waals surface area contributed by atoms with Gasteiger partial charge in [0.1, 0.15) is 0 Å². The van der Waals surface area contributed by atoms with E-state index in [1.54, 1.807) is 0 Å². The fourth-order valence-corrected chi connectivity index (χ4v) is 16.8. The smallest absolute Gasteiger partial charge is 0.198 e. The molecular weight excluding hydrogens is 1630 g/mol. The van der Waals surface area contributed by atoms with E-state index in [1.165, 1.54) is 154 Å². The van der Waals surface area contributed by atoms with E-state index in [4.69, 9.17) is 57.8 Å². The summed E-state index contributed by atoms with van der Waals surface area (Å²) in [5, 5.41) is 0. The summed E-state index contributed by atoms with van der Waals surface area (Å²) in [6.07, 6.45) is 54.0. The standard InChI is InChI=1S/C120H190N4O8/c1-87(2)33-25-41-95(17)65-73-125-111-61-53-103(81-115(111)129-77-69-99(21)45-29-37-91(9)10)49-57-107-85-108(58-50-104-54-62-112(126-74-66-96(18)42-26-34-88(3)4)116(82-104)130-78-70-100(22)46-30-38-92(11)12)122-119(121-107)120-123-109(59-51-105-55-63-113(127-75-67-97(19)43-27-35-89(5)6)117(83-105)131-79-71-101(23)47-31-39-93(13)14)86-110(124-120)60-52-106-56-64-114(128-76-68-98(20)44-28-36-90(7)8)118(84-106)132-80-72-102(24)48-32-40-94(15)16/h49-64,81-102H,25-48,65-80H2,1-24H3/b57-49+,58-50+,59-51+,60-52+/t95-,96-,97-,98-,99-,100-,101-,102-/m0/s1. The summed E-state index contributed by atoms with van der Waals surface area (Å²) in [5.74, 6) is 16.9. The number of ether oxygens (including phenoxy) is 8. The summed E-state index contributed by atoms with van der Waals surface area (Å²) in [6.45, 7) is 60.9. The Balaban J connectivity index is 1.54. The van der Waals surface area contributed by atoms with Crippen LogP contribution in [0.4, 0.5) is 0 Å². The van der Waals surface area contributed by atoms with E-state index in [0.717, 1.165) is 120 Å². The Morgan fingerprint density at radius 2 is 0.326 bits per heavy atom. The molecule has 6 aromatic rings. The van der Waals surface area contributed by atoms with Crippen LogP contribution in [0, 0.1) is 94.7 Å². The molecule has 0 saturated heterocycles. The van der Waals surface area contributed by atoms with E-state index < -0.39 is 0 Å². The summed E-state index contributed by atoms with van der Waals surface area (Å²) >= 11 is 0. The molecular formula is C120H190N4O8. The van der Waals surface area contributed by atoms with E-state index in [2.05, 4.69) is 288 Å². The number of benzene rings is 4. The quantitative estimate of drug-likeness (QED) is 0.0361. The maximum atomic E-state index is 6.79. The Kier molecular flexibility index (Phi) is 55.9. The molecule has 2 heterocycles. The van der Waals surface area contributed by atoms with Crippen LogP contribution in [0.3, 0.4) is 0 Å². The maximum absolute atomic E-state index is 6.79. The fraction of sp³-hybridized carbons (Fsp3) is 0.667. The zero-order chi connectivity index (χ0) is 96.0. The second-order valence-corrected chi connectivity index (χ2v) is 43.8. The Bertz CT molecular complexity index is 3670. The molecule has 0 spiro atoms. The highest BCUT2D eigenvalue weighted by molar-refractivity contribution is 5.77. The van der Waals surface area contributed by atoms with Crippen molar-refractivity contribution >= 4 is 48.6 Å². The van der Waals surface area contributed by atoms with Gasteiger partial charge < -0.3 is 37.9 Å². The summed E-state index contributed by atoms with van der Waals surface area (Å²) in [4.78, 5) is 21.7. The van der Waals surface area contributed by atoms with Crippen LogP contribution >= 0.6 is 0 Å². The fourth-order valence-electron chi connectivity index (χ4n) is 16.8. The zero-order valence-corrected chi connectivity index (χ0v) is 88.3. The third kappa shape index (κ3) is 50.8. The first kappa shape index (κ1) is 113. The van der Waals surface area contributed by atoms with Crippen molar-refractivity contribution in [2.24, 2.45) is 94.7 Å². The minimum Gasteiger partial charge on any atom is -0.490 e. The normalized spacial score (nSPS) is 14.1. The maximum Gasteiger partial charge on any atom is 0.198 e. The summed E-state index contributed by atoms with van der Waals surface area (Å²) in [7, 11) is 0. The van der Waals surface area contributed by atoms with Crippen LogP contribution in [0.25, 0.3) is 60.3 Å². The van der Waals surface area contributed by atoms with Crippen LogP contribution in [0.15, 0.2) is 84.9 Å². The molecule has 0 saturated carbocycles. The van der Waals surface area contributed by atoms with Crippen LogP contribution in [-0.4, -0.2) is 72.8 Å². The van der Waals surface area contributed by atoms with Gasteiger partial charge in [-0.3, -0.25) is 0 Å². The van der Waals surface area contributed by atoms with Gasteiger partial charge in [0.2, 0.25) is 0 Å². The molecule has 0 aliphatic rings. The first-order valence-electron chi connectivity index (χ1n) is 53.4. The molecule has 12 nitrogen and oxygen atoms in total. The average Bonchev–Trinajstić information content (AvgIpc) is 0.807. The molecule has 0 aliphatic carbocycles. The molecule has 132 heavy (non-hydrogen) atoms. The molecule has 738 valence electrons. The molecule has 0 aliphatic heterocycles. The van der Waals surface area contributed by atoms with E-state index in [1.807, 2.05) is 12.1 Å². The van der Waals surface area contributed by atoms with Gasteiger partial charge in [-0.2, -0.15) is 0 Å². The third-order valence-electron chi connectivity index (χ3n) is 26.2. The van der Waals surface area contributed by atoms with Crippen LogP contribution in [0.2, 0.25) is 0 Å². The van der Waals surface area contributed by atoms with Gasteiger partial charge in [0.25, 0.3) is 0 Å². The van der Waals surface area contributed by atoms with Gasteiger partial charge in [0.15, 0.2) is 57.6 Å². The SMILES string of the molecule is CC(C)CCC[C@H](C)CCOc1ccc(/C=C/c2cc(/C=C/c3ccc(OCC[C@@H](C)CCCC(C)C)c(OCC[C@@H](C)CCCC(C)C)c3)nc(-c3nc(/C=C/c4ccc(OCC[C@@H](C)CCCC(C)C)c(OCC[C@@H](C)CCCC(C)C)c4)cc(/C=C/c4ccc(OCC[C@@H](C)CCCC(C)C)c(OCC[C@@H](C)CCCC(C)C)c4)n3)n2)cc1OCC[C@@H](C)CCCC(C)C. The Hall–Kier alpha value is -7.60. The van der Waals surface area contributed by atoms with Gasteiger partial charge in [-0.1, -0.05) is 369 Å². The second kappa shape index (κ2) is 65.2. The molecule has 0 amide bonds. The van der Waals surface area contributed by atoms with Gasteiger partial charge in [-0.25, -0.2) is 19.9 Å². The number of hydrogen-bond acceptors (Lipinski definition) is 12. The lowest BCUT2D eigenvalue weighted by atomic mass is 9.97. The predicted molar refractivity (Wildman–Crippen MR) is 568 cm³/mol. The summed E-state index contributed by atoms with van der Waals surface area (Å²) in [5.41, 5.74) is 6.56. The largest absolute Gasteiger partial charge is 0.490 e. The van der Waals surface area contributed by atoms with Gasteiger partial charge in [-0.15, -0.1) is 0 Å². The first-order chi connectivity index (χ1) is 63.3. The molecule has 0 radical (unpaired) electrons. The van der Waals surface area contributed by atoms with E-state index in [9.17, 15) is 0 Å². The van der Waals surface area contributed by atoms with E-state index in [-0.39, 0.29) is 0 Å². The molecule has 0 unspecified atom stereocenters. The van der Waals surface area contributed by atoms with Crippen molar-refractivity contribution in [3.63, 3.8) is 0 Å². The number of aromatic nitrogens is 4. The molecule has 0 N–H and O–H groups in total. The van der Waals surface area contributed by atoms with Crippen molar-refractivity contribution in [2.75, 3.05) is 52.9 Å². The minimum atomic E-state index is 0.374. The Morgan fingerprint density at radius 1 is 0.174 bits per heavy atom. The van der Waals surface area contributed by atoms with Crippen LogP contribution in [-0.2, 0) is 0 Å². The molecule has 4 aromatic carbocycles. The van der Waals surface area contributed by atoms with Gasteiger partial charge in [-0.05, 0) is 253 Å². The van der Waals surface area contributed by atoms with Crippen LogP contribution in [0.5, 0.6) is 46.0 Å². The van der Waals surface area contributed by atoms with Gasteiger partial charge in [0.05, 0.1) is 75.6 Å². The highest BCUT2D eigenvalue weighted by atomic mass is 16.5. The number of nitrogens with zero attached hydrogens (tertiary/aromatic N) is 4. The minimum absolute atomic E-state index is 0.374. The van der Waals surface area contributed by atoms with E-state index in [0.29, 0.717) is 182 Å². The molecule has 6 rings (SSSR count). The lowest BCUT2D eigenvalue weighted by Crippen LogP contribution is -2.08. The van der Waals surface area contributed by atoms with Crippen molar-refractivity contribution in [2.45, 2.75) is 372 Å². The Morgan fingerprint density at radius 3 is 0.477 bits per heavy atom. The topological polar surface area (TPSA) is 125 Å². The summed E-state index contributed by atoms with van der Waals surface area (Å²) in [6, 6.07) is 29.4. The van der Waals surface area contributed by atoms with Crippen molar-refractivity contribution in [1.29, 1.82) is 0 Å². The molecule has 12 heteroatoms. The lowest BCUT2D eigenvalue weighted by molar-refractivity contribution is 0.237. The molecule has 2 aromatic heterocycles. The third-order valence-corrected chi connectivity index (χ3v) is 26.2. The average molecular weight is 1820 g/mol. The molecule has 0 fully saturated rings. The summed E-state index contributed by atoms with van der Waals surface area (Å²) < 4.78 is 53.9. The van der Waals surface area contributed by atoms with E-state index >= 15 is 0 Å². The number of hydrogen-bond donors (Lipinski definition) is 0. The van der Waals surface area contributed by atoms with Gasteiger partial charge >= 0.3 is 0 Å². The number of rotatable bonds is 73. The predicted octanol–water partition coefficient (Wildman–Crippen LogP) is 35.5. The monoisotopic (exact) mass is 1820 g/mol. The van der Waals surface area contributed by atoms with Crippen molar-refractivity contribution in [3.8, 4) is 57.6 Å². The highest BCUT2D eigenvalue weighted by Gasteiger charge is 2.20.